The van der Waals surface area contributed by atoms with Crippen LogP contribution in [0.4, 0.5) is 0 Å². The molecule has 1 amide bonds. The fourth-order valence-electron chi connectivity index (χ4n) is 1.87. The van der Waals surface area contributed by atoms with Crippen molar-refractivity contribution in [2.24, 2.45) is 0 Å². The van der Waals surface area contributed by atoms with E-state index in [2.05, 4.69) is 20.9 Å². The van der Waals surface area contributed by atoms with Crippen LogP contribution in [0.3, 0.4) is 0 Å². The van der Waals surface area contributed by atoms with Crippen LogP contribution >= 0.6 is 15.9 Å². The lowest BCUT2D eigenvalue weighted by Gasteiger charge is -2.17. The quantitative estimate of drug-likeness (QED) is 0.868. The average Bonchev–Trinajstić information content (AvgIpc) is 2.38. The standard InChI is InChI=1S/C15H15BrN2O/c1-11-5-4-8-17-14(11)15(19)18(2)10-12-6-3-7-13(16)9-12/h3-9H,10H2,1-2H3. The number of hydrogen-bond donors (Lipinski definition) is 0. The van der Waals surface area contributed by atoms with E-state index in [-0.39, 0.29) is 5.91 Å². The fourth-order valence-corrected chi connectivity index (χ4v) is 2.32. The van der Waals surface area contributed by atoms with Crippen molar-refractivity contribution >= 4 is 21.8 Å². The van der Waals surface area contributed by atoms with Crippen LogP contribution in [-0.2, 0) is 6.54 Å². The first-order chi connectivity index (χ1) is 9.08. The second-order valence-electron chi connectivity index (χ2n) is 4.46. The van der Waals surface area contributed by atoms with E-state index in [4.69, 9.17) is 0 Å². The molecule has 0 bridgehead atoms. The summed E-state index contributed by atoms with van der Waals surface area (Å²) in [5.41, 5.74) is 2.49. The Morgan fingerprint density at radius 1 is 1.32 bits per heavy atom. The van der Waals surface area contributed by atoms with E-state index in [0.717, 1.165) is 15.6 Å². The van der Waals surface area contributed by atoms with Crippen LogP contribution in [0.15, 0.2) is 47.1 Å². The zero-order valence-electron chi connectivity index (χ0n) is 10.9. The SMILES string of the molecule is Cc1cccnc1C(=O)N(C)Cc1cccc(Br)c1. The second-order valence-corrected chi connectivity index (χ2v) is 5.38. The van der Waals surface area contributed by atoms with Crippen LogP contribution in [0.5, 0.6) is 0 Å². The molecule has 0 N–H and O–H groups in total. The van der Waals surface area contributed by atoms with Gasteiger partial charge in [-0.05, 0) is 36.2 Å². The van der Waals surface area contributed by atoms with Crippen molar-refractivity contribution in [1.82, 2.24) is 9.88 Å². The van der Waals surface area contributed by atoms with E-state index in [0.29, 0.717) is 12.2 Å². The average molecular weight is 319 g/mol. The molecule has 0 aliphatic rings. The molecule has 1 heterocycles. The van der Waals surface area contributed by atoms with Gasteiger partial charge in [0.05, 0.1) is 0 Å². The predicted octanol–water partition coefficient (Wildman–Crippen LogP) is 3.42. The number of pyridine rings is 1. The molecular formula is C15H15BrN2O. The van der Waals surface area contributed by atoms with Crippen LogP contribution in [0.1, 0.15) is 21.6 Å². The molecule has 2 rings (SSSR count). The van der Waals surface area contributed by atoms with Gasteiger partial charge < -0.3 is 4.90 Å². The number of amides is 1. The van der Waals surface area contributed by atoms with Gasteiger partial charge in [0.2, 0.25) is 0 Å². The molecule has 2 aromatic rings. The van der Waals surface area contributed by atoms with Crippen molar-refractivity contribution in [2.45, 2.75) is 13.5 Å². The molecule has 0 aliphatic carbocycles. The van der Waals surface area contributed by atoms with Gasteiger partial charge in [-0.15, -0.1) is 0 Å². The summed E-state index contributed by atoms with van der Waals surface area (Å²) in [5.74, 6) is -0.0573. The van der Waals surface area contributed by atoms with Gasteiger partial charge in [-0.2, -0.15) is 0 Å². The molecule has 19 heavy (non-hydrogen) atoms. The third-order valence-corrected chi connectivity index (χ3v) is 3.36. The van der Waals surface area contributed by atoms with Crippen LogP contribution in [0.2, 0.25) is 0 Å². The number of carbonyl (C=O) groups excluding carboxylic acids is 1. The van der Waals surface area contributed by atoms with Crippen molar-refractivity contribution in [3.05, 3.63) is 63.9 Å². The lowest BCUT2D eigenvalue weighted by atomic mass is 10.2. The minimum atomic E-state index is -0.0573. The lowest BCUT2D eigenvalue weighted by molar-refractivity contribution is 0.0778. The van der Waals surface area contributed by atoms with Gasteiger partial charge in [-0.3, -0.25) is 9.78 Å². The minimum absolute atomic E-state index is 0.0573. The first-order valence-electron chi connectivity index (χ1n) is 5.99. The maximum absolute atomic E-state index is 12.3. The molecule has 0 aliphatic heterocycles. The van der Waals surface area contributed by atoms with Gasteiger partial charge in [-0.25, -0.2) is 0 Å². The van der Waals surface area contributed by atoms with Crippen LogP contribution in [0, 0.1) is 6.92 Å². The molecule has 0 fully saturated rings. The highest BCUT2D eigenvalue weighted by atomic mass is 79.9. The zero-order chi connectivity index (χ0) is 13.8. The Bertz CT molecular complexity index is 598. The first-order valence-corrected chi connectivity index (χ1v) is 6.79. The third-order valence-electron chi connectivity index (χ3n) is 2.87. The van der Waals surface area contributed by atoms with Gasteiger partial charge in [-0.1, -0.05) is 34.1 Å². The number of rotatable bonds is 3. The lowest BCUT2D eigenvalue weighted by Crippen LogP contribution is -2.27. The number of benzene rings is 1. The van der Waals surface area contributed by atoms with E-state index in [1.54, 1.807) is 18.1 Å². The molecule has 0 radical (unpaired) electrons. The topological polar surface area (TPSA) is 33.2 Å². The Hall–Kier alpha value is -1.68. The van der Waals surface area contributed by atoms with E-state index in [1.807, 2.05) is 43.3 Å². The molecule has 4 heteroatoms. The fraction of sp³-hybridized carbons (Fsp3) is 0.200. The Labute approximate surface area is 121 Å². The largest absolute Gasteiger partial charge is 0.336 e. The first kappa shape index (κ1) is 13.7. The number of carbonyl (C=O) groups is 1. The molecule has 0 saturated heterocycles. The maximum atomic E-state index is 12.3. The highest BCUT2D eigenvalue weighted by Gasteiger charge is 2.15. The highest BCUT2D eigenvalue weighted by Crippen LogP contribution is 2.14. The molecule has 3 nitrogen and oxygen atoms in total. The molecule has 0 saturated carbocycles. The van der Waals surface area contributed by atoms with Gasteiger partial charge in [0.15, 0.2) is 0 Å². The molecule has 0 unspecified atom stereocenters. The van der Waals surface area contributed by atoms with Crippen LogP contribution < -0.4 is 0 Å². The summed E-state index contributed by atoms with van der Waals surface area (Å²) in [4.78, 5) is 18.1. The Kier molecular flexibility index (Phi) is 4.32. The molecule has 0 atom stereocenters. The highest BCUT2D eigenvalue weighted by molar-refractivity contribution is 9.10. The van der Waals surface area contributed by atoms with Crippen LogP contribution in [0.25, 0.3) is 0 Å². The number of hydrogen-bond acceptors (Lipinski definition) is 2. The third kappa shape index (κ3) is 3.41. The monoisotopic (exact) mass is 318 g/mol. The van der Waals surface area contributed by atoms with Crippen molar-refractivity contribution in [1.29, 1.82) is 0 Å². The number of aromatic nitrogens is 1. The molecule has 98 valence electrons. The van der Waals surface area contributed by atoms with Crippen molar-refractivity contribution < 1.29 is 4.79 Å². The Balaban J connectivity index is 2.14. The molecule has 1 aromatic carbocycles. The van der Waals surface area contributed by atoms with Crippen molar-refractivity contribution in [3.8, 4) is 0 Å². The molecule has 1 aromatic heterocycles. The molecule has 0 spiro atoms. The Morgan fingerprint density at radius 3 is 2.79 bits per heavy atom. The summed E-state index contributed by atoms with van der Waals surface area (Å²) in [7, 11) is 1.79. The second kappa shape index (κ2) is 5.97. The number of aryl methyl sites for hydroxylation is 1. The number of halogens is 1. The molecular weight excluding hydrogens is 304 g/mol. The summed E-state index contributed by atoms with van der Waals surface area (Å²) in [6, 6.07) is 11.7. The van der Waals surface area contributed by atoms with Crippen molar-refractivity contribution in [3.63, 3.8) is 0 Å². The summed E-state index contributed by atoms with van der Waals surface area (Å²) >= 11 is 3.43. The summed E-state index contributed by atoms with van der Waals surface area (Å²) in [5, 5.41) is 0. The van der Waals surface area contributed by atoms with E-state index in [1.165, 1.54) is 0 Å². The van der Waals surface area contributed by atoms with Gasteiger partial charge >= 0.3 is 0 Å². The van der Waals surface area contributed by atoms with Gasteiger partial charge in [0.25, 0.3) is 5.91 Å². The minimum Gasteiger partial charge on any atom is -0.336 e. The van der Waals surface area contributed by atoms with E-state index < -0.39 is 0 Å². The van der Waals surface area contributed by atoms with E-state index >= 15 is 0 Å². The van der Waals surface area contributed by atoms with Gasteiger partial charge in [0, 0.05) is 24.3 Å². The smallest absolute Gasteiger partial charge is 0.272 e. The zero-order valence-corrected chi connectivity index (χ0v) is 12.5. The van der Waals surface area contributed by atoms with Crippen LogP contribution in [-0.4, -0.2) is 22.8 Å². The summed E-state index contributed by atoms with van der Waals surface area (Å²) in [6.07, 6.45) is 1.65. The summed E-state index contributed by atoms with van der Waals surface area (Å²) < 4.78 is 1.01. The predicted molar refractivity (Wildman–Crippen MR) is 78.9 cm³/mol. The number of nitrogens with zero attached hydrogens (tertiary/aromatic N) is 2. The normalized spacial score (nSPS) is 10.3. The summed E-state index contributed by atoms with van der Waals surface area (Å²) in [6.45, 7) is 2.46. The maximum Gasteiger partial charge on any atom is 0.272 e. The van der Waals surface area contributed by atoms with Crippen molar-refractivity contribution in [2.75, 3.05) is 7.05 Å². The van der Waals surface area contributed by atoms with Gasteiger partial charge in [0.1, 0.15) is 5.69 Å². The van der Waals surface area contributed by atoms with E-state index in [9.17, 15) is 4.79 Å². The Morgan fingerprint density at radius 2 is 2.11 bits per heavy atom.